The number of aromatic nitrogens is 2. The molecule has 3 rings (SSSR count). The fourth-order valence-electron chi connectivity index (χ4n) is 2.93. The Balaban J connectivity index is 2.19. The van der Waals surface area contributed by atoms with Crippen molar-refractivity contribution in [3.8, 4) is 11.3 Å². The van der Waals surface area contributed by atoms with Crippen LogP contribution in [-0.2, 0) is 0 Å². The van der Waals surface area contributed by atoms with Crippen molar-refractivity contribution >= 4 is 22.7 Å². The molecule has 2 aromatic heterocycles. The van der Waals surface area contributed by atoms with Crippen molar-refractivity contribution in [2.75, 3.05) is 0 Å². The van der Waals surface area contributed by atoms with Gasteiger partial charge in [-0.25, -0.2) is 4.99 Å². The van der Waals surface area contributed by atoms with Gasteiger partial charge >= 0.3 is 0 Å². The molecule has 2 heterocycles. The van der Waals surface area contributed by atoms with Crippen LogP contribution in [0, 0.1) is 10.1 Å². The smallest absolute Gasteiger partial charge is 0.270 e. The van der Waals surface area contributed by atoms with Gasteiger partial charge < -0.3 is 4.57 Å². The fourth-order valence-corrected chi connectivity index (χ4v) is 3.91. The summed E-state index contributed by atoms with van der Waals surface area (Å²) in [5.41, 5.74) is 2.67. The molecular formula is C19H20N4O2S. The predicted molar refractivity (Wildman–Crippen MR) is 103 cm³/mol. The highest BCUT2D eigenvalue weighted by Crippen LogP contribution is 2.29. The summed E-state index contributed by atoms with van der Waals surface area (Å²) < 4.78 is 2.19. The Morgan fingerprint density at radius 2 is 2.08 bits per heavy atom. The summed E-state index contributed by atoms with van der Waals surface area (Å²) in [5, 5.41) is 13.2. The molecule has 6 nitrogen and oxygen atoms in total. The summed E-state index contributed by atoms with van der Waals surface area (Å²) in [6.07, 6.45) is 5.35. The molecule has 7 heteroatoms. The molecule has 0 bridgehead atoms. The Hall–Kier alpha value is -2.80. The van der Waals surface area contributed by atoms with E-state index in [1.165, 1.54) is 17.4 Å². The van der Waals surface area contributed by atoms with E-state index in [1.807, 2.05) is 23.6 Å². The fraction of sp³-hybridized carbons (Fsp3) is 0.263. The first-order chi connectivity index (χ1) is 12.6. The zero-order chi connectivity index (χ0) is 18.5. The second kappa shape index (κ2) is 8.05. The normalized spacial score (nSPS) is 11.9. The molecule has 0 fully saturated rings. The third-order valence-corrected chi connectivity index (χ3v) is 5.11. The van der Waals surface area contributed by atoms with Crippen LogP contribution in [0.5, 0.6) is 0 Å². The number of thiazole rings is 1. The van der Waals surface area contributed by atoms with Crippen LogP contribution < -0.4 is 4.80 Å². The molecular weight excluding hydrogens is 348 g/mol. The minimum Gasteiger partial charge on any atom is -0.313 e. The van der Waals surface area contributed by atoms with Gasteiger partial charge in [-0.15, -0.1) is 11.3 Å². The second-order valence-electron chi connectivity index (χ2n) is 5.87. The van der Waals surface area contributed by atoms with Crippen LogP contribution in [0.15, 0.2) is 59.2 Å². The Morgan fingerprint density at radius 1 is 1.27 bits per heavy atom. The van der Waals surface area contributed by atoms with E-state index in [-0.39, 0.29) is 16.7 Å². The van der Waals surface area contributed by atoms with E-state index in [1.54, 1.807) is 24.5 Å². The van der Waals surface area contributed by atoms with Crippen LogP contribution in [0.25, 0.3) is 11.3 Å². The quantitative estimate of drug-likeness (QED) is 0.448. The zero-order valence-electron chi connectivity index (χ0n) is 14.7. The molecule has 0 unspecified atom stereocenters. The van der Waals surface area contributed by atoms with Gasteiger partial charge in [0.15, 0.2) is 4.80 Å². The summed E-state index contributed by atoms with van der Waals surface area (Å²) in [5.74, 6) is 0. The van der Waals surface area contributed by atoms with Crippen LogP contribution in [0.1, 0.15) is 32.7 Å². The van der Waals surface area contributed by atoms with Crippen molar-refractivity contribution in [2.24, 2.45) is 4.99 Å². The first-order valence-corrected chi connectivity index (χ1v) is 9.41. The molecule has 0 saturated heterocycles. The molecule has 0 N–H and O–H groups in total. The van der Waals surface area contributed by atoms with E-state index in [0.717, 1.165) is 34.6 Å². The summed E-state index contributed by atoms with van der Waals surface area (Å²) in [7, 11) is 0. The molecule has 134 valence electrons. The number of pyridine rings is 1. The first-order valence-electron chi connectivity index (χ1n) is 8.53. The zero-order valence-corrected chi connectivity index (χ0v) is 15.5. The van der Waals surface area contributed by atoms with E-state index in [2.05, 4.69) is 23.4 Å². The average molecular weight is 368 g/mol. The summed E-state index contributed by atoms with van der Waals surface area (Å²) >= 11 is 1.54. The van der Waals surface area contributed by atoms with Gasteiger partial charge in [0.2, 0.25) is 0 Å². The number of hydrogen-bond donors (Lipinski definition) is 0. The lowest BCUT2D eigenvalue weighted by Gasteiger charge is -2.18. The Bertz CT molecular complexity index is 959. The van der Waals surface area contributed by atoms with Gasteiger partial charge in [0, 0.05) is 35.3 Å². The van der Waals surface area contributed by atoms with Crippen LogP contribution in [0.3, 0.4) is 0 Å². The molecule has 26 heavy (non-hydrogen) atoms. The van der Waals surface area contributed by atoms with Crippen molar-refractivity contribution in [2.45, 2.75) is 32.7 Å². The number of rotatable bonds is 6. The van der Waals surface area contributed by atoms with Crippen molar-refractivity contribution in [3.63, 3.8) is 0 Å². The van der Waals surface area contributed by atoms with Crippen molar-refractivity contribution in [1.82, 2.24) is 9.55 Å². The van der Waals surface area contributed by atoms with Gasteiger partial charge in [0.25, 0.3) is 5.69 Å². The third kappa shape index (κ3) is 3.72. The Kier molecular flexibility index (Phi) is 5.58. The molecule has 0 radical (unpaired) electrons. The van der Waals surface area contributed by atoms with Gasteiger partial charge in [-0.3, -0.25) is 15.1 Å². The van der Waals surface area contributed by atoms with Crippen LogP contribution in [0.4, 0.5) is 11.4 Å². The monoisotopic (exact) mass is 368 g/mol. The second-order valence-corrected chi connectivity index (χ2v) is 6.71. The summed E-state index contributed by atoms with van der Waals surface area (Å²) in [6, 6.07) is 10.8. The van der Waals surface area contributed by atoms with Gasteiger partial charge in [0.05, 0.1) is 22.5 Å². The number of hydrogen-bond acceptors (Lipinski definition) is 5. The van der Waals surface area contributed by atoms with Crippen molar-refractivity contribution in [3.05, 3.63) is 69.1 Å². The Labute approximate surface area is 155 Å². The molecule has 0 aliphatic carbocycles. The topological polar surface area (TPSA) is 73.3 Å². The SMILES string of the molecule is CCC(CC)n1c(-c2cccc([N+](=O)[O-])c2)csc1=Nc1cccnc1. The molecule has 1 aromatic carbocycles. The summed E-state index contributed by atoms with van der Waals surface area (Å²) in [6.45, 7) is 4.29. The minimum absolute atomic E-state index is 0.0931. The lowest BCUT2D eigenvalue weighted by atomic mass is 10.1. The van der Waals surface area contributed by atoms with Crippen LogP contribution in [0.2, 0.25) is 0 Å². The highest BCUT2D eigenvalue weighted by atomic mass is 32.1. The van der Waals surface area contributed by atoms with Gasteiger partial charge in [-0.2, -0.15) is 0 Å². The van der Waals surface area contributed by atoms with Crippen molar-refractivity contribution in [1.29, 1.82) is 0 Å². The average Bonchev–Trinajstić information content (AvgIpc) is 3.07. The van der Waals surface area contributed by atoms with Crippen LogP contribution in [-0.4, -0.2) is 14.5 Å². The van der Waals surface area contributed by atoms with Gasteiger partial charge in [-0.05, 0) is 25.0 Å². The molecule has 0 spiro atoms. The highest BCUT2D eigenvalue weighted by molar-refractivity contribution is 7.07. The maximum atomic E-state index is 11.1. The third-order valence-electron chi connectivity index (χ3n) is 4.27. The standard InChI is InChI=1S/C19H20N4O2S/c1-3-16(4-2)22-18(14-7-5-9-17(11-14)23(24)25)13-26-19(22)21-15-8-6-10-20-12-15/h5-13,16H,3-4H2,1-2H3. The lowest BCUT2D eigenvalue weighted by molar-refractivity contribution is -0.384. The van der Waals surface area contributed by atoms with E-state index >= 15 is 0 Å². The largest absolute Gasteiger partial charge is 0.313 e. The predicted octanol–water partition coefficient (Wildman–Crippen LogP) is 5.11. The lowest BCUT2D eigenvalue weighted by Crippen LogP contribution is -2.21. The van der Waals surface area contributed by atoms with Crippen molar-refractivity contribution < 1.29 is 4.92 Å². The highest BCUT2D eigenvalue weighted by Gasteiger charge is 2.17. The minimum atomic E-state index is -0.363. The number of nitrogens with zero attached hydrogens (tertiary/aromatic N) is 4. The number of nitro groups is 1. The molecule has 3 aromatic rings. The Morgan fingerprint density at radius 3 is 2.73 bits per heavy atom. The first kappa shape index (κ1) is 18.0. The van der Waals surface area contributed by atoms with E-state index in [9.17, 15) is 10.1 Å². The molecule has 0 atom stereocenters. The van der Waals surface area contributed by atoms with Crippen LogP contribution >= 0.6 is 11.3 Å². The van der Waals surface area contributed by atoms with E-state index < -0.39 is 0 Å². The number of non-ortho nitro benzene ring substituents is 1. The summed E-state index contributed by atoms with van der Waals surface area (Å²) in [4.78, 5) is 20.5. The van der Waals surface area contributed by atoms with E-state index in [0.29, 0.717) is 0 Å². The van der Waals surface area contributed by atoms with Gasteiger partial charge in [-0.1, -0.05) is 26.0 Å². The molecule has 0 aliphatic rings. The number of benzene rings is 1. The van der Waals surface area contributed by atoms with Gasteiger partial charge in [0.1, 0.15) is 0 Å². The number of nitro benzene ring substituents is 1. The molecule has 0 amide bonds. The molecule has 0 saturated carbocycles. The molecule has 0 aliphatic heterocycles. The maximum Gasteiger partial charge on any atom is 0.270 e. The maximum absolute atomic E-state index is 11.1. The van der Waals surface area contributed by atoms with E-state index in [4.69, 9.17) is 4.99 Å².